The van der Waals surface area contributed by atoms with Crippen LogP contribution in [0.15, 0.2) is 0 Å². The standard InChI is InChI=1S/C9H15NO4/c1-9(2,3)14-8(13)10-5-4-6(10)7(11)12/h6H,4-5H2,1-3H3,(H,11,12)/p-1. The molecular weight excluding hydrogens is 186 g/mol. The Kier molecular flexibility index (Phi) is 2.69. The van der Waals surface area contributed by atoms with E-state index in [1.54, 1.807) is 20.8 Å². The average molecular weight is 200 g/mol. The van der Waals surface area contributed by atoms with Crippen LogP contribution in [0, 0.1) is 0 Å². The Morgan fingerprint density at radius 1 is 1.43 bits per heavy atom. The predicted octanol–water partition coefficient (Wildman–Crippen LogP) is -0.254. The molecular formula is C9H14NO4-. The Hall–Kier alpha value is -1.26. The molecule has 0 aromatic heterocycles. The van der Waals surface area contributed by atoms with E-state index in [1.165, 1.54) is 4.90 Å². The van der Waals surface area contributed by atoms with Gasteiger partial charge in [-0.1, -0.05) is 0 Å². The first-order chi connectivity index (χ1) is 6.31. The third-order valence-corrected chi connectivity index (χ3v) is 1.92. The van der Waals surface area contributed by atoms with Crippen LogP contribution in [0.2, 0.25) is 0 Å². The van der Waals surface area contributed by atoms with Crippen molar-refractivity contribution in [2.75, 3.05) is 6.54 Å². The summed E-state index contributed by atoms with van der Waals surface area (Å²) >= 11 is 0. The van der Waals surface area contributed by atoms with E-state index in [1.807, 2.05) is 0 Å². The molecule has 1 heterocycles. The Labute approximate surface area is 82.6 Å². The molecule has 1 saturated heterocycles. The maximum absolute atomic E-state index is 11.4. The molecule has 0 spiro atoms. The van der Waals surface area contributed by atoms with Crippen LogP contribution in [0.5, 0.6) is 0 Å². The van der Waals surface area contributed by atoms with Gasteiger partial charge in [-0.25, -0.2) is 4.79 Å². The van der Waals surface area contributed by atoms with Crippen molar-refractivity contribution in [2.45, 2.75) is 38.8 Å². The van der Waals surface area contributed by atoms with E-state index in [-0.39, 0.29) is 0 Å². The quantitative estimate of drug-likeness (QED) is 0.585. The molecule has 0 aromatic carbocycles. The van der Waals surface area contributed by atoms with Crippen molar-refractivity contribution < 1.29 is 19.4 Å². The molecule has 0 saturated carbocycles. The molecule has 1 rings (SSSR count). The summed E-state index contributed by atoms with van der Waals surface area (Å²) in [6.07, 6.45) is -0.139. The number of carbonyl (C=O) groups excluding carboxylic acids is 2. The molecule has 0 aromatic rings. The maximum atomic E-state index is 11.4. The fourth-order valence-electron chi connectivity index (χ4n) is 1.17. The van der Waals surface area contributed by atoms with Gasteiger partial charge in [0.25, 0.3) is 0 Å². The fraction of sp³-hybridized carbons (Fsp3) is 0.778. The molecule has 5 nitrogen and oxygen atoms in total. The number of amides is 1. The van der Waals surface area contributed by atoms with E-state index >= 15 is 0 Å². The summed E-state index contributed by atoms with van der Waals surface area (Å²) in [6, 6.07) is -0.815. The summed E-state index contributed by atoms with van der Waals surface area (Å²) in [4.78, 5) is 23.0. The van der Waals surface area contributed by atoms with Crippen LogP contribution in [0.4, 0.5) is 4.79 Å². The molecule has 80 valence electrons. The highest BCUT2D eigenvalue weighted by Gasteiger charge is 2.35. The van der Waals surface area contributed by atoms with Gasteiger partial charge in [0.2, 0.25) is 0 Å². The van der Waals surface area contributed by atoms with Crippen LogP contribution in [0.3, 0.4) is 0 Å². The Morgan fingerprint density at radius 2 is 2.00 bits per heavy atom. The molecule has 1 aliphatic rings. The van der Waals surface area contributed by atoms with Gasteiger partial charge in [0.1, 0.15) is 5.60 Å². The molecule has 5 heteroatoms. The van der Waals surface area contributed by atoms with Gasteiger partial charge < -0.3 is 14.6 Å². The molecule has 1 fully saturated rings. The van der Waals surface area contributed by atoms with Crippen molar-refractivity contribution in [3.05, 3.63) is 0 Å². The number of carboxylic acids is 1. The minimum absolute atomic E-state index is 0.424. The first-order valence-electron chi connectivity index (χ1n) is 4.52. The normalized spacial score (nSPS) is 21.4. The molecule has 0 aliphatic carbocycles. The number of hydrogen-bond acceptors (Lipinski definition) is 4. The van der Waals surface area contributed by atoms with Crippen molar-refractivity contribution in [3.63, 3.8) is 0 Å². The number of hydrogen-bond donors (Lipinski definition) is 0. The lowest BCUT2D eigenvalue weighted by Crippen LogP contribution is -2.59. The van der Waals surface area contributed by atoms with E-state index in [4.69, 9.17) is 4.74 Å². The first kappa shape index (κ1) is 10.8. The second-order valence-corrected chi connectivity index (χ2v) is 4.30. The lowest BCUT2D eigenvalue weighted by atomic mass is 10.0. The SMILES string of the molecule is CC(C)(C)OC(=O)N1CCC1C(=O)[O-]. The lowest BCUT2D eigenvalue weighted by molar-refractivity contribution is -0.314. The van der Waals surface area contributed by atoms with Crippen molar-refractivity contribution >= 4 is 12.1 Å². The number of nitrogens with zero attached hydrogens (tertiary/aromatic N) is 1. The van der Waals surface area contributed by atoms with Gasteiger partial charge in [-0.3, -0.25) is 4.90 Å². The van der Waals surface area contributed by atoms with E-state index in [9.17, 15) is 14.7 Å². The first-order valence-corrected chi connectivity index (χ1v) is 4.52. The molecule has 14 heavy (non-hydrogen) atoms. The van der Waals surface area contributed by atoms with Gasteiger partial charge in [0.15, 0.2) is 0 Å². The lowest BCUT2D eigenvalue weighted by Gasteiger charge is -2.41. The molecule has 1 amide bonds. The smallest absolute Gasteiger partial charge is 0.410 e. The van der Waals surface area contributed by atoms with Crippen LogP contribution in [0.25, 0.3) is 0 Å². The van der Waals surface area contributed by atoms with E-state index in [2.05, 4.69) is 0 Å². The fourth-order valence-corrected chi connectivity index (χ4v) is 1.17. The highest BCUT2D eigenvalue weighted by Crippen LogP contribution is 2.20. The van der Waals surface area contributed by atoms with Gasteiger partial charge >= 0.3 is 6.09 Å². The van der Waals surface area contributed by atoms with Gasteiger partial charge in [-0.05, 0) is 27.2 Å². The molecule has 1 aliphatic heterocycles. The molecule has 1 unspecified atom stereocenters. The summed E-state index contributed by atoms with van der Waals surface area (Å²) < 4.78 is 5.02. The van der Waals surface area contributed by atoms with Gasteiger partial charge in [-0.2, -0.15) is 0 Å². The third-order valence-electron chi connectivity index (χ3n) is 1.92. The third kappa shape index (κ3) is 2.37. The Morgan fingerprint density at radius 3 is 2.29 bits per heavy atom. The monoisotopic (exact) mass is 200 g/mol. The zero-order valence-electron chi connectivity index (χ0n) is 8.57. The number of aliphatic carboxylic acids is 1. The zero-order chi connectivity index (χ0) is 10.9. The van der Waals surface area contributed by atoms with Crippen LogP contribution >= 0.6 is 0 Å². The van der Waals surface area contributed by atoms with Crippen molar-refractivity contribution in [2.24, 2.45) is 0 Å². The number of carboxylic acid groups (broad SMARTS) is 1. The highest BCUT2D eigenvalue weighted by atomic mass is 16.6. The van der Waals surface area contributed by atoms with Gasteiger partial charge in [0, 0.05) is 6.54 Å². The van der Waals surface area contributed by atoms with Gasteiger partial charge in [-0.15, -0.1) is 0 Å². The minimum atomic E-state index is -1.22. The van der Waals surface area contributed by atoms with Crippen molar-refractivity contribution in [1.82, 2.24) is 4.90 Å². The summed E-state index contributed by atoms with van der Waals surface area (Å²) in [5, 5.41) is 10.5. The summed E-state index contributed by atoms with van der Waals surface area (Å²) in [5.74, 6) is -1.22. The zero-order valence-corrected chi connectivity index (χ0v) is 8.57. The predicted molar refractivity (Wildman–Crippen MR) is 46.4 cm³/mol. The van der Waals surface area contributed by atoms with Crippen molar-refractivity contribution in [3.8, 4) is 0 Å². The molecule has 0 bridgehead atoms. The number of ether oxygens (including phenoxy) is 1. The molecule has 1 atom stereocenters. The number of likely N-dealkylation sites (tertiary alicyclic amines) is 1. The summed E-state index contributed by atoms with van der Waals surface area (Å²) in [5.41, 5.74) is -0.594. The van der Waals surface area contributed by atoms with E-state index in [0.29, 0.717) is 13.0 Å². The second-order valence-electron chi connectivity index (χ2n) is 4.30. The van der Waals surface area contributed by atoms with E-state index < -0.39 is 23.7 Å². The number of rotatable bonds is 1. The Bertz CT molecular complexity index is 256. The molecule has 0 radical (unpaired) electrons. The van der Waals surface area contributed by atoms with E-state index in [0.717, 1.165) is 0 Å². The Balaban J connectivity index is 2.51. The summed E-state index contributed by atoms with van der Waals surface area (Å²) in [7, 11) is 0. The largest absolute Gasteiger partial charge is 0.548 e. The minimum Gasteiger partial charge on any atom is -0.548 e. The number of carbonyl (C=O) groups is 2. The molecule has 0 N–H and O–H groups in total. The summed E-state index contributed by atoms with van der Waals surface area (Å²) in [6.45, 7) is 5.63. The van der Waals surface area contributed by atoms with Crippen LogP contribution in [-0.4, -0.2) is 35.2 Å². The van der Waals surface area contributed by atoms with Crippen LogP contribution < -0.4 is 5.11 Å². The van der Waals surface area contributed by atoms with Crippen LogP contribution in [0.1, 0.15) is 27.2 Å². The average Bonchev–Trinajstić information content (AvgIpc) is 1.75. The van der Waals surface area contributed by atoms with Crippen molar-refractivity contribution in [1.29, 1.82) is 0 Å². The maximum Gasteiger partial charge on any atom is 0.410 e. The topological polar surface area (TPSA) is 69.7 Å². The second kappa shape index (κ2) is 3.48. The highest BCUT2D eigenvalue weighted by molar-refractivity contribution is 5.80. The van der Waals surface area contributed by atoms with Gasteiger partial charge in [0.05, 0.1) is 12.0 Å². The van der Waals surface area contributed by atoms with Crippen LogP contribution in [-0.2, 0) is 9.53 Å².